The predicted molar refractivity (Wildman–Crippen MR) is 23.9 cm³/mol. The van der Waals surface area contributed by atoms with Crippen molar-refractivity contribution >= 4 is 12.0 Å². The van der Waals surface area contributed by atoms with Gasteiger partial charge < -0.3 is 15.1 Å². The van der Waals surface area contributed by atoms with E-state index >= 15 is 0 Å². The highest BCUT2D eigenvalue weighted by Crippen LogP contribution is 1.70. The van der Waals surface area contributed by atoms with Gasteiger partial charge in [-0.15, -0.1) is 0 Å². The fraction of sp³-hybridized carbons (Fsp3) is 0.500. The van der Waals surface area contributed by atoms with E-state index in [0.717, 1.165) is 0 Å². The molecule has 3 heteroatoms. The smallest absolute Gasteiger partial charge is 0.0563 e. The maximum atomic E-state index is 10.0. The van der Waals surface area contributed by atoms with E-state index < -0.39 is 0 Å². The van der Waals surface area contributed by atoms with Crippen molar-refractivity contribution in [2.45, 2.75) is 13.3 Å². The zero-order valence-corrected chi connectivity index (χ0v) is 4.01. The average Bonchev–Trinajstić information content (AvgIpc) is 1.68. The minimum absolute atomic E-state index is 0.289. The first-order valence-corrected chi connectivity index (χ1v) is 1.94. The van der Waals surface area contributed by atoms with Crippen molar-refractivity contribution in [3.05, 3.63) is 5.53 Å². The number of carbonyl (C=O) groups excluding carboxylic acids is 1. The van der Waals surface area contributed by atoms with Crippen molar-refractivity contribution in [2.75, 3.05) is 0 Å². The number of hydrogen-bond donors (Lipinski definition) is 0. The molecular weight excluding hydrogens is 92.1 g/mol. The lowest BCUT2D eigenvalue weighted by molar-refractivity contribution is -0.115. The SMILES string of the molecule is CCC(=O)[C-]=[N+]=[N-]. The lowest BCUT2D eigenvalue weighted by Gasteiger charge is -1.82. The first-order chi connectivity index (χ1) is 3.31. The molecule has 0 rings (SSSR count). The van der Waals surface area contributed by atoms with Crippen molar-refractivity contribution in [3.8, 4) is 0 Å². The standard InChI is InChI=1S/C4H5N2O/c1-2-4(7)3-6-5/h2H2,1H3/q-1. The Hall–Kier alpha value is -0.950. The van der Waals surface area contributed by atoms with Crippen molar-refractivity contribution in [2.24, 2.45) is 0 Å². The minimum Gasteiger partial charge on any atom is -0.407 e. The quantitative estimate of drug-likeness (QED) is 0.209. The third-order valence-electron chi connectivity index (χ3n) is 0.496. The van der Waals surface area contributed by atoms with Crippen LogP contribution in [0.3, 0.4) is 0 Å². The molecule has 0 aliphatic heterocycles. The molecule has 0 atom stereocenters. The molecule has 0 aromatic rings. The Bertz CT molecular complexity index is 113. The molecule has 7 heavy (non-hydrogen) atoms. The topological polar surface area (TPSA) is 53.5 Å². The van der Waals surface area contributed by atoms with Gasteiger partial charge in [0.2, 0.25) is 0 Å². The molecule has 0 unspecified atom stereocenters. The van der Waals surface area contributed by atoms with E-state index in [9.17, 15) is 4.79 Å². The van der Waals surface area contributed by atoms with Crippen LogP contribution in [0.15, 0.2) is 0 Å². The van der Waals surface area contributed by atoms with Crippen LogP contribution in [-0.2, 0) is 4.79 Å². The lowest BCUT2D eigenvalue weighted by atomic mass is 10.3. The van der Waals surface area contributed by atoms with E-state index in [0.29, 0.717) is 6.42 Å². The van der Waals surface area contributed by atoms with Crippen LogP contribution in [-0.4, -0.2) is 16.8 Å². The molecule has 0 aromatic heterocycles. The number of nitrogens with zero attached hydrogens (tertiary/aromatic N) is 2. The van der Waals surface area contributed by atoms with Crippen molar-refractivity contribution < 1.29 is 9.58 Å². The molecule has 0 aliphatic rings. The van der Waals surface area contributed by atoms with Crippen LogP contribution in [0.2, 0.25) is 0 Å². The Morgan fingerprint density at radius 2 is 2.57 bits per heavy atom. The van der Waals surface area contributed by atoms with Gasteiger partial charge in [-0.1, -0.05) is 6.92 Å². The van der Waals surface area contributed by atoms with Gasteiger partial charge in [-0.25, -0.2) is 0 Å². The summed E-state index contributed by atoms with van der Waals surface area (Å²) in [5.41, 5.74) is 7.66. The van der Waals surface area contributed by atoms with Gasteiger partial charge in [0.25, 0.3) is 0 Å². The van der Waals surface area contributed by atoms with Gasteiger partial charge in [-0.05, 0) is 6.42 Å². The fourth-order valence-electron chi connectivity index (χ4n) is 0.135. The Morgan fingerprint density at radius 3 is 2.71 bits per heavy atom. The van der Waals surface area contributed by atoms with Crippen LogP contribution in [0, 0.1) is 0 Å². The maximum absolute atomic E-state index is 10.0. The molecule has 0 amide bonds. The lowest BCUT2D eigenvalue weighted by Crippen LogP contribution is -1.94. The summed E-state index contributed by atoms with van der Waals surface area (Å²) in [7, 11) is 0. The highest BCUT2D eigenvalue weighted by molar-refractivity contribution is 6.24. The van der Waals surface area contributed by atoms with Gasteiger partial charge in [0.15, 0.2) is 0 Å². The van der Waals surface area contributed by atoms with Crippen LogP contribution < -0.4 is 0 Å². The third-order valence-corrected chi connectivity index (χ3v) is 0.496. The summed E-state index contributed by atoms with van der Waals surface area (Å²) in [4.78, 5) is 12.5. The normalized spacial score (nSPS) is 7.00. The molecular formula is C4H5N2O-. The molecule has 0 saturated carbocycles. The van der Waals surface area contributed by atoms with Gasteiger partial charge in [0.05, 0.1) is 5.78 Å². The summed E-state index contributed by atoms with van der Waals surface area (Å²) in [5.74, 6) is -0.289. The van der Waals surface area contributed by atoms with E-state index in [1.54, 1.807) is 6.92 Å². The molecule has 0 aliphatic carbocycles. The molecule has 0 aromatic carbocycles. The molecule has 0 heterocycles. The third kappa shape index (κ3) is 2.86. The summed E-state index contributed by atoms with van der Waals surface area (Å²) in [6, 6.07) is 0. The first kappa shape index (κ1) is 6.05. The highest BCUT2D eigenvalue weighted by atomic mass is 16.1. The van der Waals surface area contributed by atoms with Gasteiger partial charge in [0, 0.05) is 6.21 Å². The van der Waals surface area contributed by atoms with Gasteiger partial charge >= 0.3 is 0 Å². The van der Waals surface area contributed by atoms with Crippen LogP contribution in [0.1, 0.15) is 13.3 Å². The molecule has 3 nitrogen and oxygen atoms in total. The predicted octanol–water partition coefficient (Wildman–Crippen LogP) is 0.143. The van der Waals surface area contributed by atoms with Gasteiger partial charge in [-0.3, -0.25) is 0 Å². The Morgan fingerprint density at radius 1 is 2.00 bits per heavy atom. The van der Waals surface area contributed by atoms with E-state index in [1.807, 2.05) is 6.21 Å². The number of hydrogen-bond acceptors (Lipinski definition) is 1. The molecule has 0 fully saturated rings. The van der Waals surface area contributed by atoms with E-state index in [2.05, 4.69) is 4.79 Å². The fourth-order valence-corrected chi connectivity index (χ4v) is 0.135. The van der Waals surface area contributed by atoms with Crippen LogP contribution >= 0.6 is 0 Å². The number of carbonyl (C=O) groups is 1. The summed E-state index contributed by atoms with van der Waals surface area (Å²) in [6.45, 7) is 1.67. The second kappa shape index (κ2) is 3.25. The monoisotopic (exact) mass is 97.0 g/mol. The summed E-state index contributed by atoms with van der Waals surface area (Å²) < 4.78 is 0. The van der Waals surface area contributed by atoms with E-state index in [4.69, 9.17) is 5.53 Å². The van der Waals surface area contributed by atoms with Crippen molar-refractivity contribution in [3.63, 3.8) is 0 Å². The maximum Gasteiger partial charge on any atom is 0.0563 e. The zero-order valence-electron chi connectivity index (χ0n) is 4.01. The summed E-state index contributed by atoms with van der Waals surface area (Å²) in [6.07, 6.45) is 2.17. The summed E-state index contributed by atoms with van der Waals surface area (Å²) in [5, 5.41) is 0. The Balaban J connectivity index is 3.58. The van der Waals surface area contributed by atoms with Gasteiger partial charge in [0.1, 0.15) is 0 Å². The van der Waals surface area contributed by atoms with Crippen LogP contribution in [0.25, 0.3) is 5.53 Å². The second-order valence-electron chi connectivity index (χ2n) is 0.989. The van der Waals surface area contributed by atoms with Crippen LogP contribution in [0.4, 0.5) is 0 Å². The number of ketones is 1. The summed E-state index contributed by atoms with van der Waals surface area (Å²) >= 11 is 0. The zero-order chi connectivity index (χ0) is 5.70. The Labute approximate surface area is 41.6 Å². The molecule has 0 saturated heterocycles. The minimum atomic E-state index is -0.289. The van der Waals surface area contributed by atoms with E-state index in [-0.39, 0.29) is 5.78 Å². The molecule has 38 valence electrons. The van der Waals surface area contributed by atoms with E-state index in [1.165, 1.54) is 0 Å². The first-order valence-electron chi connectivity index (χ1n) is 1.94. The molecule has 0 N–H and O–H groups in total. The van der Waals surface area contributed by atoms with Crippen LogP contribution in [0.5, 0.6) is 0 Å². The average molecular weight is 97.1 g/mol. The molecule has 0 radical (unpaired) electrons. The Kier molecular flexibility index (Phi) is 2.81. The van der Waals surface area contributed by atoms with Crippen molar-refractivity contribution in [1.29, 1.82) is 0 Å². The second-order valence-corrected chi connectivity index (χ2v) is 0.989. The number of Topliss-reactive ketones (excluding diaryl/α,β-unsaturated/α-hetero) is 1. The van der Waals surface area contributed by atoms with Gasteiger partial charge in [-0.2, -0.15) is 0 Å². The largest absolute Gasteiger partial charge is 0.407 e. The number of rotatable bonds is 2. The molecule has 0 spiro atoms. The molecule has 0 bridgehead atoms. The highest BCUT2D eigenvalue weighted by Gasteiger charge is 1.77. The van der Waals surface area contributed by atoms with Crippen molar-refractivity contribution in [1.82, 2.24) is 0 Å².